The normalized spacial score (nSPS) is 10.8. The standard InChI is InChI=1S/C18H21ClO2/c1-2-3-4-5-6-11-21-17-10-9-14-12-16(18(19)20)8-7-15(14)13-17/h7-10,12-13H,2-6,11H2,1H3. The van der Waals surface area contributed by atoms with Gasteiger partial charge in [-0.2, -0.15) is 0 Å². The summed E-state index contributed by atoms with van der Waals surface area (Å²) in [5.74, 6) is 0.878. The lowest BCUT2D eigenvalue weighted by Crippen LogP contribution is -1.97. The van der Waals surface area contributed by atoms with Crippen LogP contribution in [0.4, 0.5) is 0 Å². The van der Waals surface area contributed by atoms with Gasteiger partial charge in [0.25, 0.3) is 5.24 Å². The van der Waals surface area contributed by atoms with Gasteiger partial charge in [-0.05, 0) is 53.1 Å². The SMILES string of the molecule is CCCCCCCOc1ccc2cc(C(=O)Cl)ccc2c1. The highest BCUT2D eigenvalue weighted by Gasteiger charge is 2.04. The predicted molar refractivity (Wildman–Crippen MR) is 88.4 cm³/mol. The summed E-state index contributed by atoms with van der Waals surface area (Å²) in [4.78, 5) is 11.1. The second kappa shape index (κ2) is 8.04. The third-order valence-corrected chi connectivity index (χ3v) is 3.77. The van der Waals surface area contributed by atoms with E-state index in [2.05, 4.69) is 6.92 Å². The van der Waals surface area contributed by atoms with E-state index in [4.69, 9.17) is 16.3 Å². The minimum atomic E-state index is -0.427. The maximum atomic E-state index is 11.1. The Bertz CT molecular complexity index is 607. The number of fused-ring (bicyclic) bond motifs is 1. The van der Waals surface area contributed by atoms with Crippen molar-refractivity contribution >= 4 is 27.6 Å². The zero-order valence-electron chi connectivity index (χ0n) is 12.4. The van der Waals surface area contributed by atoms with Crippen LogP contribution in [0, 0.1) is 0 Å². The molecule has 0 radical (unpaired) electrons. The molecule has 0 aliphatic heterocycles. The van der Waals surface area contributed by atoms with Gasteiger partial charge in [-0.3, -0.25) is 4.79 Å². The van der Waals surface area contributed by atoms with Crippen molar-refractivity contribution < 1.29 is 9.53 Å². The Hall–Kier alpha value is -1.54. The Kier molecular flexibility index (Phi) is 6.06. The molecule has 2 aromatic rings. The molecule has 2 rings (SSSR count). The highest BCUT2D eigenvalue weighted by Crippen LogP contribution is 2.23. The van der Waals surface area contributed by atoms with E-state index >= 15 is 0 Å². The van der Waals surface area contributed by atoms with Gasteiger partial charge in [-0.25, -0.2) is 0 Å². The van der Waals surface area contributed by atoms with Gasteiger partial charge in [0.1, 0.15) is 5.75 Å². The van der Waals surface area contributed by atoms with E-state index in [0.29, 0.717) is 5.56 Å². The molecule has 0 atom stereocenters. The molecule has 0 saturated carbocycles. The Balaban J connectivity index is 1.93. The average molecular weight is 305 g/mol. The highest BCUT2D eigenvalue weighted by atomic mass is 35.5. The first-order valence-electron chi connectivity index (χ1n) is 7.57. The van der Waals surface area contributed by atoms with Gasteiger partial charge in [0.2, 0.25) is 0 Å². The zero-order chi connectivity index (χ0) is 15.1. The molecule has 0 saturated heterocycles. The maximum absolute atomic E-state index is 11.1. The summed E-state index contributed by atoms with van der Waals surface area (Å²) in [5, 5.41) is 1.63. The van der Waals surface area contributed by atoms with Crippen LogP contribution in [0.25, 0.3) is 10.8 Å². The molecule has 0 spiro atoms. The third kappa shape index (κ3) is 4.75. The fraction of sp³-hybridized carbons (Fsp3) is 0.389. The minimum absolute atomic E-state index is 0.427. The van der Waals surface area contributed by atoms with Crippen molar-refractivity contribution in [2.75, 3.05) is 6.61 Å². The van der Waals surface area contributed by atoms with E-state index in [1.54, 1.807) is 12.1 Å². The molecule has 3 heteroatoms. The number of ether oxygens (including phenoxy) is 1. The van der Waals surface area contributed by atoms with Gasteiger partial charge >= 0.3 is 0 Å². The first-order chi connectivity index (χ1) is 10.2. The molecule has 0 aliphatic rings. The molecule has 0 fully saturated rings. The lowest BCUT2D eigenvalue weighted by molar-refractivity contribution is 0.108. The first kappa shape index (κ1) is 15.8. The van der Waals surface area contributed by atoms with Gasteiger partial charge in [-0.15, -0.1) is 0 Å². The van der Waals surface area contributed by atoms with E-state index in [0.717, 1.165) is 29.5 Å². The second-order valence-electron chi connectivity index (χ2n) is 5.26. The van der Waals surface area contributed by atoms with Crippen molar-refractivity contribution in [1.82, 2.24) is 0 Å². The molecule has 2 nitrogen and oxygen atoms in total. The number of carbonyl (C=O) groups is 1. The number of benzene rings is 2. The third-order valence-electron chi connectivity index (χ3n) is 3.56. The molecule has 0 bridgehead atoms. The van der Waals surface area contributed by atoms with Crippen molar-refractivity contribution in [3.63, 3.8) is 0 Å². The van der Waals surface area contributed by atoms with Gasteiger partial charge < -0.3 is 4.74 Å². The molecule has 0 aliphatic carbocycles. The summed E-state index contributed by atoms with van der Waals surface area (Å²) in [5.41, 5.74) is 0.522. The van der Waals surface area contributed by atoms with Crippen LogP contribution in [0.1, 0.15) is 49.4 Å². The first-order valence-corrected chi connectivity index (χ1v) is 7.95. The van der Waals surface area contributed by atoms with E-state index < -0.39 is 5.24 Å². The van der Waals surface area contributed by atoms with Crippen LogP contribution in [0.15, 0.2) is 36.4 Å². The number of unbranched alkanes of at least 4 members (excludes halogenated alkanes) is 4. The molecule has 0 amide bonds. The number of carbonyl (C=O) groups excluding carboxylic acids is 1. The molecule has 0 N–H and O–H groups in total. The van der Waals surface area contributed by atoms with Crippen molar-refractivity contribution in [1.29, 1.82) is 0 Å². The fourth-order valence-corrected chi connectivity index (χ4v) is 2.45. The highest BCUT2D eigenvalue weighted by molar-refractivity contribution is 6.67. The van der Waals surface area contributed by atoms with Crippen LogP contribution in [-0.2, 0) is 0 Å². The van der Waals surface area contributed by atoms with Crippen molar-refractivity contribution in [2.45, 2.75) is 39.0 Å². The Morgan fingerprint density at radius 2 is 1.71 bits per heavy atom. The fourth-order valence-electron chi connectivity index (χ4n) is 2.33. The lowest BCUT2D eigenvalue weighted by atomic mass is 10.1. The molecule has 0 unspecified atom stereocenters. The van der Waals surface area contributed by atoms with Gasteiger partial charge in [0.15, 0.2) is 0 Å². The van der Waals surface area contributed by atoms with Crippen molar-refractivity contribution in [3.8, 4) is 5.75 Å². The van der Waals surface area contributed by atoms with Crippen LogP contribution in [0.2, 0.25) is 0 Å². The van der Waals surface area contributed by atoms with E-state index in [1.165, 1.54) is 25.7 Å². The largest absolute Gasteiger partial charge is 0.494 e. The smallest absolute Gasteiger partial charge is 0.252 e. The minimum Gasteiger partial charge on any atom is -0.494 e. The van der Waals surface area contributed by atoms with Gasteiger partial charge in [0, 0.05) is 5.56 Å². The summed E-state index contributed by atoms with van der Waals surface area (Å²) in [7, 11) is 0. The topological polar surface area (TPSA) is 26.3 Å². The second-order valence-corrected chi connectivity index (χ2v) is 5.60. The Labute approximate surface area is 131 Å². The molecule has 112 valence electrons. The summed E-state index contributed by atoms with van der Waals surface area (Å²) in [6.45, 7) is 2.97. The summed E-state index contributed by atoms with van der Waals surface area (Å²) in [6, 6.07) is 11.4. The number of hydrogen-bond donors (Lipinski definition) is 0. The molecular formula is C18H21ClO2. The van der Waals surface area contributed by atoms with Crippen molar-refractivity contribution in [2.24, 2.45) is 0 Å². The van der Waals surface area contributed by atoms with E-state index in [1.807, 2.05) is 24.3 Å². The monoisotopic (exact) mass is 304 g/mol. The summed E-state index contributed by atoms with van der Waals surface area (Å²) < 4.78 is 5.78. The van der Waals surface area contributed by atoms with Gasteiger partial charge in [-0.1, -0.05) is 44.7 Å². The number of rotatable bonds is 8. The molecular weight excluding hydrogens is 284 g/mol. The summed E-state index contributed by atoms with van der Waals surface area (Å²) in [6.07, 6.45) is 6.17. The number of halogens is 1. The quantitative estimate of drug-likeness (QED) is 0.471. The maximum Gasteiger partial charge on any atom is 0.252 e. The van der Waals surface area contributed by atoms with Crippen LogP contribution >= 0.6 is 11.6 Å². The van der Waals surface area contributed by atoms with E-state index in [9.17, 15) is 4.79 Å². The van der Waals surface area contributed by atoms with Crippen LogP contribution in [0.5, 0.6) is 5.75 Å². The number of hydrogen-bond acceptors (Lipinski definition) is 2. The van der Waals surface area contributed by atoms with Crippen LogP contribution in [0.3, 0.4) is 0 Å². The predicted octanol–water partition coefficient (Wildman–Crippen LogP) is 5.57. The van der Waals surface area contributed by atoms with Crippen LogP contribution < -0.4 is 4.74 Å². The lowest BCUT2D eigenvalue weighted by Gasteiger charge is -2.07. The Morgan fingerprint density at radius 1 is 1.00 bits per heavy atom. The molecule has 2 aromatic carbocycles. The molecule has 0 heterocycles. The zero-order valence-corrected chi connectivity index (χ0v) is 13.2. The van der Waals surface area contributed by atoms with Crippen molar-refractivity contribution in [3.05, 3.63) is 42.0 Å². The van der Waals surface area contributed by atoms with E-state index in [-0.39, 0.29) is 0 Å². The molecule has 0 aromatic heterocycles. The molecule has 21 heavy (non-hydrogen) atoms. The van der Waals surface area contributed by atoms with Gasteiger partial charge in [0.05, 0.1) is 6.61 Å². The van der Waals surface area contributed by atoms with Crippen LogP contribution in [-0.4, -0.2) is 11.8 Å². The average Bonchev–Trinajstić information content (AvgIpc) is 2.50. The Morgan fingerprint density at radius 3 is 2.48 bits per heavy atom. The summed E-state index contributed by atoms with van der Waals surface area (Å²) >= 11 is 5.49.